The largest absolute Gasteiger partial charge is 0.393 e. The van der Waals surface area contributed by atoms with Gasteiger partial charge in [0.25, 0.3) is 0 Å². The minimum Gasteiger partial charge on any atom is -0.393 e. The van der Waals surface area contributed by atoms with Gasteiger partial charge in [0, 0.05) is 16.9 Å². The van der Waals surface area contributed by atoms with Crippen LogP contribution in [-0.2, 0) is 6.42 Å². The van der Waals surface area contributed by atoms with Crippen molar-refractivity contribution in [3.8, 4) is 6.07 Å². The van der Waals surface area contributed by atoms with E-state index in [1.807, 2.05) is 31.2 Å². The minimum atomic E-state index is -0.296. The summed E-state index contributed by atoms with van der Waals surface area (Å²) in [5, 5.41) is 28.2. The quantitative estimate of drug-likeness (QED) is 0.478. The number of hydrogen-bond donors (Lipinski definition) is 2. The van der Waals surface area contributed by atoms with E-state index >= 15 is 0 Å². The zero-order valence-corrected chi connectivity index (χ0v) is 18.6. The standard InChI is InChI=1S/C20H24FNO.C6H8NO/c1-11-9-20(2)16(7-8-17(20)23)15-6-5-14-13(18(11)15)4-3-12(10-22)19(14)21;1-6-2-4-7(8)5-3-6/h3-4,11,15-18,23H,5-9H2,1-2H3;2-5,8H,1H3/q;+1/t11-,15?,16?,17-,18?,20-;/m0./s1. The molecule has 2 aromatic rings. The van der Waals surface area contributed by atoms with Gasteiger partial charge in [-0.25, -0.2) is 4.39 Å². The van der Waals surface area contributed by atoms with Gasteiger partial charge >= 0.3 is 0 Å². The highest BCUT2D eigenvalue weighted by Crippen LogP contribution is 2.62. The first-order valence-electron chi connectivity index (χ1n) is 11.3. The third-order valence-corrected chi connectivity index (χ3v) is 8.18. The lowest BCUT2D eigenvalue weighted by atomic mass is 9.52. The van der Waals surface area contributed by atoms with Gasteiger partial charge in [-0.15, -0.1) is 0 Å². The Balaban J connectivity index is 0.000000245. The molecule has 3 aliphatic carbocycles. The highest BCUT2D eigenvalue weighted by Gasteiger charge is 2.56. The molecule has 31 heavy (non-hydrogen) atoms. The summed E-state index contributed by atoms with van der Waals surface area (Å²) in [6.45, 7) is 6.49. The zero-order chi connectivity index (χ0) is 22.3. The Morgan fingerprint density at radius 1 is 1.16 bits per heavy atom. The fourth-order valence-electron chi connectivity index (χ4n) is 6.74. The van der Waals surface area contributed by atoms with E-state index in [2.05, 4.69) is 13.8 Å². The van der Waals surface area contributed by atoms with Crippen molar-refractivity contribution in [2.45, 2.75) is 64.9 Å². The molecular weight excluding hydrogens is 391 g/mol. The smallest absolute Gasteiger partial charge is 0.222 e. The second-order valence-corrected chi connectivity index (χ2v) is 9.98. The lowest BCUT2D eigenvalue weighted by molar-refractivity contribution is -0.904. The molecule has 2 fully saturated rings. The van der Waals surface area contributed by atoms with Crippen LogP contribution in [0.25, 0.3) is 0 Å². The lowest BCUT2D eigenvalue weighted by Gasteiger charge is -2.53. The number of aromatic nitrogens is 1. The van der Waals surface area contributed by atoms with E-state index in [9.17, 15) is 9.50 Å². The molecule has 2 N–H and O–H groups in total. The molecule has 3 aliphatic rings. The second-order valence-electron chi connectivity index (χ2n) is 9.98. The molecule has 1 aromatic heterocycles. The highest BCUT2D eigenvalue weighted by molar-refractivity contribution is 5.44. The Hall–Kier alpha value is -2.45. The molecule has 0 radical (unpaired) electrons. The molecular formula is C26H32FN2O2+. The Morgan fingerprint density at radius 2 is 1.87 bits per heavy atom. The molecule has 0 spiro atoms. The summed E-state index contributed by atoms with van der Waals surface area (Å²) in [5.74, 6) is 1.62. The second kappa shape index (κ2) is 8.24. The number of aliphatic hydroxyl groups is 1. The van der Waals surface area contributed by atoms with E-state index in [1.54, 1.807) is 18.5 Å². The Labute approximate surface area is 183 Å². The van der Waals surface area contributed by atoms with Crippen LogP contribution < -0.4 is 4.73 Å². The van der Waals surface area contributed by atoms with Crippen molar-refractivity contribution in [2.24, 2.45) is 23.2 Å². The number of hydrogen-bond acceptors (Lipinski definition) is 3. The van der Waals surface area contributed by atoms with Crippen molar-refractivity contribution in [2.75, 3.05) is 0 Å². The van der Waals surface area contributed by atoms with Gasteiger partial charge in [-0.1, -0.05) is 19.9 Å². The van der Waals surface area contributed by atoms with E-state index < -0.39 is 0 Å². The van der Waals surface area contributed by atoms with Gasteiger partial charge in [-0.3, -0.25) is 5.21 Å². The highest BCUT2D eigenvalue weighted by atomic mass is 19.1. The van der Waals surface area contributed by atoms with Crippen LogP contribution in [-0.4, -0.2) is 16.4 Å². The van der Waals surface area contributed by atoms with Crippen molar-refractivity contribution < 1.29 is 19.4 Å². The Bertz CT molecular complexity index is 979. The third kappa shape index (κ3) is 3.72. The van der Waals surface area contributed by atoms with E-state index in [0.29, 0.717) is 23.7 Å². The molecule has 1 aromatic carbocycles. The van der Waals surface area contributed by atoms with Crippen LogP contribution in [0.4, 0.5) is 4.39 Å². The molecule has 0 bridgehead atoms. The molecule has 2 saturated carbocycles. The van der Waals surface area contributed by atoms with Gasteiger partial charge in [0.05, 0.1) is 11.7 Å². The van der Waals surface area contributed by atoms with Crippen molar-refractivity contribution >= 4 is 0 Å². The van der Waals surface area contributed by atoms with Crippen molar-refractivity contribution in [3.63, 3.8) is 0 Å². The summed E-state index contributed by atoms with van der Waals surface area (Å²) in [6, 6.07) is 9.29. The first kappa shape index (κ1) is 21.8. The SMILES string of the molecule is C[C@H]1C[C@@]2(C)C(CC[C@@H]2O)C2CCc3c(ccc(C#N)c3F)C21.Cc1cc[n+](O)cc1. The molecule has 6 atom stereocenters. The summed E-state index contributed by atoms with van der Waals surface area (Å²) < 4.78 is 15.6. The molecule has 0 saturated heterocycles. The molecule has 5 heteroatoms. The molecule has 5 rings (SSSR count). The van der Waals surface area contributed by atoms with E-state index in [-0.39, 0.29) is 22.9 Å². The summed E-state index contributed by atoms with van der Waals surface area (Å²) in [4.78, 5) is 0. The average Bonchev–Trinajstić information content (AvgIpc) is 3.05. The van der Waals surface area contributed by atoms with Crippen LogP contribution in [0, 0.1) is 47.2 Å². The number of halogens is 1. The molecule has 1 heterocycles. The minimum absolute atomic E-state index is 0.0310. The maximum Gasteiger partial charge on any atom is 0.222 e. The summed E-state index contributed by atoms with van der Waals surface area (Å²) in [6.07, 6.45) is 7.74. The topological polar surface area (TPSA) is 68.1 Å². The predicted octanol–water partition coefficient (Wildman–Crippen LogP) is 4.68. The van der Waals surface area contributed by atoms with Crippen molar-refractivity contribution in [1.82, 2.24) is 0 Å². The van der Waals surface area contributed by atoms with Gasteiger partial charge in [0.15, 0.2) is 0 Å². The molecule has 0 aliphatic heterocycles. The van der Waals surface area contributed by atoms with Crippen LogP contribution in [0.1, 0.15) is 67.7 Å². The van der Waals surface area contributed by atoms with Gasteiger partial charge in [-0.05, 0) is 90.9 Å². The van der Waals surface area contributed by atoms with Crippen LogP contribution in [0.2, 0.25) is 0 Å². The summed E-state index contributed by atoms with van der Waals surface area (Å²) in [7, 11) is 0. The Kier molecular flexibility index (Phi) is 5.79. The molecule has 0 amide bonds. The first-order chi connectivity index (χ1) is 14.8. The number of benzene rings is 1. The van der Waals surface area contributed by atoms with E-state index in [0.717, 1.165) is 53.5 Å². The Morgan fingerprint density at radius 3 is 2.52 bits per heavy atom. The first-order valence-corrected chi connectivity index (χ1v) is 11.3. The zero-order valence-electron chi connectivity index (χ0n) is 18.6. The van der Waals surface area contributed by atoms with Gasteiger partial charge < -0.3 is 5.11 Å². The number of pyridine rings is 1. The average molecular weight is 424 g/mol. The van der Waals surface area contributed by atoms with Crippen molar-refractivity contribution in [3.05, 3.63) is 64.7 Å². The van der Waals surface area contributed by atoms with E-state index in [4.69, 9.17) is 10.5 Å². The van der Waals surface area contributed by atoms with Gasteiger partial charge in [0.1, 0.15) is 11.9 Å². The summed E-state index contributed by atoms with van der Waals surface area (Å²) in [5.41, 5.74) is 3.26. The van der Waals surface area contributed by atoms with Crippen LogP contribution >= 0.6 is 0 Å². The fourth-order valence-corrected chi connectivity index (χ4v) is 6.74. The number of aliphatic hydroxyl groups excluding tert-OH is 1. The maximum absolute atomic E-state index is 14.6. The number of nitriles is 1. The number of fused-ring (bicyclic) bond motifs is 5. The third-order valence-electron chi connectivity index (χ3n) is 8.18. The molecule has 4 nitrogen and oxygen atoms in total. The van der Waals surface area contributed by atoms with Crippen LogP contribution in [0.15, 0.2) is 36.7 Å². The fraction of sp³-hybridized carbons (Fsp3) is 0.538. The normalized spacial score (nSPS) is 33.2. The number of rotatable bonds is 0. The monoisotopic (exact) mass is 423 g/mol. The predicted molar refractivity (Wildman–Crippen MR) is 115 cm³/mol. The number of aryl methyl sites for hydroxylation is 1. The summed E-state index contributed by atoms with van der Waals surface area (Å²) >= 11 is 0. The number of nitrogens with zero attached hydrogens (tertiary/aromatic N) is 2. The maximum atomic E-state index is 14.6. The van der Waals surface area contributed by atoms with Crippen molar-refractivity contribution in [1.29, 1.82) is 5.26 Å². The van der Waals surface area contributed by atoms with Crippen LogP contribution in [0.5, 0.6) is 0 Å². The van der Waals surface area contributed by atoms with Gasteiger partial charge in [0.2, 0.25) is 12.4 Å². The molecule has 164 valence electrons. The van der Waals surface area contributed by atoms with Crippen LogP contribution in [0.3, 0.4) is 0 Å². The molecule has 3 unspecified atom stereocenters. The van der Waals surface area contributed by atoms with E-state index in [1.165, 1.54) is 0 Å². The lowest BCUT2D eigenvalue weighted by Crippen LogP contribution is -2.47. The van der Waals surface area contributed by atoms with Gasteiger partial charge in [-0.2, -0.15) is 5.26 Å².